The van der Waals surface area contributed by atoms with Crippen molar-refractivity contribution in [1.29, 1.82) is 0 Å². The van der Waals surface area contributed by atoms with E-state index in [2.05, 4.69) is 37.3 Å². The number of aryl methyl sites for hydroxylation is 2. The monoisotopic (exact) mass is 420 g/mol. The van der Waals surface area contributed by atoms with Crippen LogP contribution in [0, 0.1) is 5.92 Å². The van der Waals surface area contributed by atoms with Crippen molar-refractivity contribution in [2.24, 2.45) is 5.92 Å². The predicted molar refractivity (Wildman–Crippen MR) is 120 cm³/mol. The van der Waals surface area contributed by atoms with E-state index in [9.17, 15) is 9.59 Å². The third-order valence-corrected chi connectivity index (χ3v) is 6.84. The molecular weight excluding hydrogens is 388 g/mol. The number of Topliss-reactive ketones (excluding diaryl/α,β-unsaturated/α-hetero) is 1. The quantitative estimate of drug-likeness (QED) is 0.412. The molecule has 0 spiro atoms. The summed E-state index contributed by atoms with van der Waals surface area (Å²) in [6, 6.07) is 16.5. The number of esters is 1. The fourth-order valence-corrected chi connectivity index (χ4v) is 5.15. The van der Waals surface area contributed by atoms with Gasteiger partial charge in [0.05, 0.1) is 0 Å². The summed E-state index contributed by atoms with van der Waals surface area (Å²) in [4.78, 5) is 24.6. The fourth-order valence-electron chi connectivity index (χ4n) is 5.15. The lowest BCUT2D eigenvalue weighted by molar-refractivity contribution is -0.178. The van der Waals surface area contributed by atoms with Gasteiger partial charge in [-0.05, 0) is 60.8 Å². The minimum absolute atomic E-state index is 0.0195. The van der Waals surface area contributed by atoms with Crippen LogP contribution in [-0.2, 0) is 33.8 Å². The summed E-state index contributed by atoms with van der Waals surface area (Å²) < 4.78 is 12.2. The summed E-state index contributed by atoms with van der Waals surface area (Å²) in [5, 5.41) is 0. The smallest absolute Gasteiger partial charge is 0.313 e. The first-order valence-corrected chi connectivity index (χ1v) is 11.6. The van der Waals surface area contributed by atoms with Crippen molar-refractivity contribution in [3.8, 4) is 5.75 Å². The lowest BCUT2D eigenvalue weighted by Gasteiger charge is -2.41. The molecule has 0 aromatic heterocycles. The van der Waals surface area contributed by atoms with Crippen LogP contribution in [0.1, 0.15) is 68.6 Å². The number of hydrogen-bond acceptors (Lipinski definition) is 4. The number of ether oxygens (including phenoxy) is 2. The van der Waals surface area contributed by atoms with E-state index >= 15 is 0 Å². The standard InChI is InChI=1S/C27H32O4/c1-2-20-12-13-25(30-19-21-8-4-3-5-9-21)22(16-20)14-15-27(23-10-6-7-11-23)18-24(28)17-26(29)31-27/h3-5,8-9,12-13,16,23H,2,6-7,10-11,14-15,17-19H2,1H3. The van der Waals surface area contributed by atoms with Gasteiger partial charge in [0, 0.05) is 6.42 Å². The molecule has 1 heterocycles. The second kappa shape index (κ2) is 9.67. The first-order valence-electron chi connectivity index (χ1n) is 11.6. The lowest BCUT2D eigenvalue weighted by atomic mass is 9.76. The van der Waals surface area contributed by atoms with Gasteiger partial charge < -0.3 is 9.47 Å². The molecule has 4 heteroatoms. The third-order valence-electron chi connectivity index (χ3n) is 6.84. The zero-order chi connectivity index (χ0) is 21.7. The molecule has 0 amide bonds. The Morgan fingerprint density at radius 3 is 2.52 bits per heavy atom. The van der Waals surface area contributed by atoms with Crippen LogP contribution in [0.4, 0.5) is 0 Å². The number of cyclic esters (lactones) is 1. The molecule has 1 unspecified atom stereocenters. The highest BCUT2D eigenvalue weighted by Crippen LogP contribution is 2.44. The number of hydrogen-bond donors (Lipinski definition) is 0. The van der Waals surface area contributed by atoms with Crippen LogP contribution < -0.4 is 4.74 Å². The summed E-state index contributed by atoms with van der Waals surface area (Å²) in [6.45, 7) is 2.66. The Kier molecular flexibility index (Phi) is 6.74. The molecule has 4 rings (SSSR count). The zero-order valence-corrected chi connectivity index (χ0v) is 18.4. The van der Waals surface area contributed by atoms with Gasteiger partial charge in [-0.2, -0.15) is 0 Å². The van der Waals surface area contributed by atoms with E-state index < -0.39 is 5.60 Å². The Morgan fingerprint density at radius 2 is 1.81 bits per heavy atom. The van der Waals surface area contributed by atoms with E-state index in [1.807, 2.05) is 18.2 Å². The largest absolute Gasteiger partial charge is 0.489 e. The Morgan fingerprint density at radius 1 is 1.03 bits per heavy atom. The SMILES string of the molecule is CCc1ccc(OCc2ccccc2)c(CCC2(C3CCCC3)CC(=O)CC(=O)O2)c1. The molecule has 164 valence electrons. The molecular formula is C27H32O4. The summed E-state index contributed by atoms with van der Waals surface area (Å²) in [5.74, 6) is 0.817. The van der Waals surface area contributed by atoms with Crippen LogP contribution in [0.15, 0.2) is 48.5 Å². The predicted octanol–water partition coefficient (Wildman–Crippen LogP) is 5.60. The minimum Gasteiger partial charge on any atom is -0.489 e. The van der Waals surface area contributed by atoms with E-state index in [1.54, 1.807) is 0 Å². The molecule has 1 atom stereocenters. The van der Waals surface area contributed by atoms with Gasteiger partial charge in [-0.15, -0.1) is 0 Å². The molecule has 1 saturated heterocycles. The van der Waals surface area contributed by atoms with Gasteiger partial charge in [0.15, 0.2) is 0 Å². The molecule has 1 aliphatic carbocycles. The van der Waals surface area contributed by atoms with E-state index in [-0.39, 0.29) is 24.1 Å². The molecule has 31 heavy (non-hydrogen) atoms. The summed E-state index contributed by atoms with van der Waals surface area (Å²) in [6.07, 6.45) is 7.00. The van der Waals surface area contributed by atoms with Gasteiger partial charge in [0.25, 0.3) is 0 Å². The van der Waals surface area contributed by atoms with Crippen molar-refractivity contribution in [3.63, 3.8) is 0 Å². The average molecular weight is 421 g/mol. The van der Waals surface area contributed by atoms with Crippen LogP contribution in [0.5, 0.6) is 5.75 Å². The highest BCUT2D eigenvalue weighted by molar-refractivity contribution is 5.98. The molecule has 2 aliphatic rings. The van der Waals surface area contributed by atoms with Crippen LogP contribution in [0.25, 0.3) is 0 Å². The topological polar surface area (TPSA) is 52.6 Å². The number of carbonyl (C=O) groups excluding carboxylic acids is 2. The maximum atomic E-state index is 12.4. The van der Waals surface area contributed by atoms with Crippen LogP contribution in [0.2, 0.25) is 0 Å². The van der Waals surface area contributed by atoms with Crippen molar-refractivity contribution in [2.75, 3.05) is 0 Å². The van der Waals surface area contributed by atoms with Gasteiger partial charge in [0.1, 0.15) is 30.2 Å². The molecule has 2 aromatic carbocycles. The Bertz CT molecular complexity index is 896. The summed E-state index contributed by atoms with van der Waals surface area (Å²) >= 11 is 0. The van der Waals surface area contributed by atoms with Crippen LogP contribution in [-0.4, -0.2) is 17.4 Å². The first kappa shape index (κ1) is 21.6. The number of benzene rings is 2. The first-order chi connectivity index (χ1) is 15.1. The molecule has 2 aromatic rings. The molecule has 1 saturated carbocycles. The van der Waals surface area contributed by atoms with E-state index in [1.165, 1.54) is 5.56 Å². The summed E-state index contributed by atoms with van der Waals surface area (Å²) in [7, 11) is 0. The van der Waals surface area contributed by atoms with Crippen LogP contribution >= 0.6 is 0 Å². The highest BCUT2D eigenvalue weighted by Gasteiger charge is 2.47. The van der Waals surface area contributed by atoms with Gasteiger partial charge in [-0.3, -0.25) is 9.59 Å². The Hall–Kier alpha value is -2.62. The Labute approximate surface area is 185 Å². The number of carbonyl (C=O) groups is 2. The van der Waals surface area contributed by atoms with Crippen molar-refractivity contribution >= 4 is 11.8 Å². The Balaban J connectivity index is 1.54. The third kappa shape index (κ3) is 5.17. The van der Waals surface area contributed by atoms with Crippen LogP contribution in [0.3, 0.4) is 0 Å². The minimum atomic E-state index is -0.651. The molecule has 4 nitrogen and oxygen atoms in total. The van der Waals surface area contributed by atoms with E-state index in [4.69, 9.17) is 9.47 Å². The molecule has 0 bridgehead atoms. The van der Waals surface area contributed by atoms with Gasteiger partial charge >= 0.3 is 5.97 Å². The summed E-state index contributed by atoms with van der Waals surface area (Å²) in [5.41, 5.74) is 2.86. The van der Waals surface area contributed by atoms with Gasteiger partial charge in [-0.25, -0.2) is 0 Å². The maximum Gasteiger partial charge on any atom is 0.313 e. The molecule has 0 radical (unpaired) electrons. The lowest BCUT2D eigenvalue weighted by Crippen LogP contribution is -2.48. The molecule has 1 aliphatic heterocycles. The zero-order valence-electron chi connectivity index (χ0n) is 18.4. The van der Waals surface area contributed by atoms with E-state index in [0.717, 1.165) is 55.4 Å². The normalized spacial score (nSPS) is 21.8. The molecule has 2 fully saturated rings. The van der Waals surface area contributed by atoms with Crippen molar-refractivity contribution in [1.82, 2.24) is 0 Å². The fraction of sp³-hybridized carbons (Fsp3) is 0.481. The second-order valence-electron chi connectivity index (χ2n) is 8.98. The number of ketones is 1. The second-order valence-corrected chi connectivity index (χ2v) is 8.98. The van der Waals surface area contributed by atoms with Gasteiger partial charge in [0.2, 0.25) is 0 Å². The van der Waals surface area contributed by atoms with Crippen molar-refractivity contribution in [3.05, 3.63) is 65.2 Å². The van der Waals surface area contributed by atoms with Gasteiger partial charge in [-0.1, -0.05) is 62.2 Å². The average Bonchev–Trinajstić information content (AvgIpc) is 3.32. The molecule has 0 N–H and O–H groups in total. The maximum absolute atomic E-state index is 12.4. The highest BCUT2D eigenvalue weighted by atomic mass is 16.6. The van der Waals surface area contributed by atoms with E-state index in [0.29, 0.717) is 19.4 Å². The van der Waals surface area contributed by atoms with Crippen molar-refractivity contribution in [2.45, 2.75) is 76.9 Å². The number of rotatable bonds is 8. The van der Waals surface area contributed by atoms with Crippen molar-refractivity contribution < 1.29 is 19.1 Å².